The third-order valence-corrected chi connectivity index (χ3v) is 5.68. The second-order valence-electron chi connectivity index (χ2n) is 9.56. The van der Waals surface area contributed by atoms with Crippen molar-refractivity contribution in [3.05, 3.63) is 89.3 Å². The zero-order chi connectivity index (χ0) is 22.1. The molecule has 31 heavy (non-hydrogen) atoms. The van der Waals surface area contributed by atoms with E-state index in [1.807, 2.05) is 18.5 Å². The number of rotatable bonds is 11. The minimum absolute atomic E-state index is 0.554. The Bertz CT molecular complexity index is 920. The number of aryl methyl sites for hydroxylation is 1. The average molecular weight is 416 g/mol. The van der Waals surface area contributed by atoms with Crippen LogP contribution in [0.15, 0.2) is 60.9 Å². The van der Waals surface area contributed by atoms with E-state index in [4.69, 9.17) is 4.98 Å². The molecule has 2 unspecified atom stereocenters. The van der Waals surface area contributed by atoms with E-state index in [0.29, 0.717) is 17.8 Å². The standard InChI is InChI=1S/C28H37N3/c1-21(2)16-26-9-7-10-27(31-26)19-23(4)17-24-13-15-30-28(20-24)18-22(3)11-12-25-8-5-6-14-29-25/h5-10,13-15,20-23H,11-12,16-19H2,1-4H3. The minimum Gasteiger partial charge on any atom is -0.261 e. The molecule has 0 aliphatic rings. The van der Waals surface area contributed by atoms with Gasteiger partial charge in [-0.05, 0) is 98.2 Å². The van der Waals surface area contributed by atoms with Crippen LogP contribution in [0, 0.1) is 17.8 Å². The normalized spacial score (nSPS) is 13.3. The number of nitrogens with zero attached hydrogens (tertiary/aromatic N) is 3. The molecule has 0 saturated heterocycles. The third-order valence-electron chi connectivity index (χ3n) is 5.68. The van der Waals surface area contributed by atoms with Crippen molar-refractivity contribution < 1.29 is 0 Å². The Morgan fingerprint density at radius 2 is 1.35 bits per heavy atom. The quantitative estimate of drug-likeness (QED) is 0.369. The summed E-state index contributed by atoms with van der Waals surface area (Å²) in [6.07, 6.45) is 10.2. The molecule has 3 aromatic heterocycles. The zero-order valence-electron chi connectivity index (χ0n) is 19.6. The van der Waals surface area contributed by atoms with Crippen LogP contribution in [0.3, 0.4) is 0 Å². The van der Waals surface area contributed by atoms with Crippen molar-refractivity contribution >= 4 is 0 Å². The third kappa shape index (κ3) is 8.24. The molecule has 3 heteroatoms. The van der Waals surface area contributed by atoms with Crippen molar-refractivity contribution in [2.24, 2.45) is 17.8 Å². The summed E-state index contributed by atoms with van der Waals surface area (Å²) in [5.74, 6) is 1.79. The van der Waals surface area contributed by atoms with Crippen LogP contribution in [-0.4, -0.2) is 15.0 Å². The van der Waals surface area contributed by atoms with Gasteiger partial charge in [0.05, 0.1) is 0 Å². The minimum atomic E-state index is 0.554. The zero-order valence-corrected chi connectivity index (χ0v) is 19.6. The van der Waals surface area contributed by atoms with Gasteiger partial charge in [-0.25, -0.2) is 0 Å². The molecule has 3 aromatic rings. The van der Waals surface area contributed by atoms with Gasteiger partial charge < -0.3 is 0 Å². The van der Waals surface area contributed by atoms with Crippen molar-refractivity contribution in [1.29, 1.82) is 0 Å². The molecule has 0 aliphatic heterocycles. The van der Waals surface area contributed by atoms with Crippen LogP contribution < -0.4 is 0 Å². The van der Waals surface area contributed by atoms with E-state index in [1.165, 1.54) is 28.3 Å². The average Bonchev–Trinajstić information content (AvgIpc) is 2.73. The van der Waals surface area contributed by atoms with E-state index in [1.54, 1.807) is 0 Å². The SMILES string of the molecule is CC(C)Cc1cccc(CC(C)Cc2ccnc(CC(C)CCc3ccccn3)c2)n1. The highest BCUT2D eigenvalue weighted by Gasteiger charge is 2.10. The monoisotopic (exact) mass is 415 g/mol. The molecule has 0 N–H and O–H groups in total. The van der Waals surface area contributed by atoms with E-state index in [2.05, 4.69) is 80.1 Å². The summed E-state index contributed by atoms with van der Waals surface area (Å²) in [5, 5.41) is 0. The molecule has 3 nitrogen and oxygen atoms in total. The fraction of sp³-hybridized carbons (Fsp3) is 0.464. The van der Waals surface area contributed by atoms with Gasteiger partial charge in [0, 0.05) is 35.2 Å². The Labute approximate surface area is 188 Å². The van der Waals surface area contributed by atoms with Crippen molar-refractivity contribution in [3.8, 4) is 0 Å². The molecule has 0 bridgehead atoms. The molecule has 0 aliphatic carbocycles. The van der Waals surface area contributed by atoms with Crippen molar-refractivity contribution in [1.82, 2.24) is 15.0 Å². The molecule has 0 amide bonds. The first-order valence-electron chi connectivity index (χ1n) is 11.8. The van der Waals surface area contributed by atoms with Crippen LogP contribution in [0.2, 0.25) is 0 Å². The fourth-order valence-electron chi connectivity index (χ4n) is 4.17. The highest BCUT2D eigenvalue weighted by atomic mass is 14.7. The van der Waals surface area contributed by atoms with Gasteiger partial charge in [0.25, 0.3) is 0 Å². The lowest BCUT2D eigenvalue weighted by Gasteiger charge is -2.14. The fourth-order valence-corrected chi connectivity index (χ4v) is 4.17. The Morgan fingerprint density at radius 1 is 0.645 bits per heavy atom. The Hall–Kier alpha value is -2.55. The first-order chi connectivity index (χ1) is 15.0. The van der Waals surface area contributed by atoms with Crippen LogP contribution in [0.5, 0.6) is 0 Å². The number of hydrogen-bond donors (Lipinski definition) is 0. The number of hydrogen-bond acceptors (Lipinski definition) is 3. The van der Waals surface area contributed by atoms with Gasteiger partial charge in [-0.3, -0.25) is 15.0 Å². The van der Waals surface area contributed by atoms with Gasteiger partial charge in [-0.2, -0.15) is 0 Å². The molecular formula is C28H37N3. The van der Waals surface area contributed by atoms with E-state index in [9.17, 15) is 0 Å². The smallest absolute Gasteiger partial charge is 0.0409 e. The molecule has 3 heterocycles. The van der Waals surface area contributed by atoms with Gasteiger partial charge in [0.1, 0.15) is 0 Å². The molecule has 0 saturated carbocycles. The molecule has 0 radical (unpaired) electrons. The summed E-state index contributed by atoms with van der Waals surface area (Å²) in [5.41, 5.74) is 6.19. The Balaban J connectivity index is 1.51. The molecular weight excluding hydrogens is 378 g/mol. The first kappa shape index (κ1) is 23.1. The van der Waals surface area contributed by atoms with Crippen molar-refractivity contribution in [3.63, 3.8) is 0 Å². The number of pyridine rings is 3. The summed E-state index contributed by atoms with van der Waals surface area (Å²) in [7, 11) is 0. The molecule has 164 valence electrons. The summed E-state index contributed by atoms with van der Waals surface area (Å²) >= 11 is 0. The van der Waals surface area contributed by atoms with Crippen molar-refractivity contribution in [2.75, 3.05) is 0 Å². The number of aromatic nitrogens is 3. The van der Waals surface area contributed by atoms with E-state index < -0.39 is 0 Å². The predicted octanol–water partition coefficient (Wildman–Crippen LogP) is 6.30. The lowest BCUT2D eigenvalue weighted by Crippen LogP contribution is -2.08. The Kier molecular flexibility index (Phi) is 8.75. The van der Waals surface area contributed by atoms with Crippen LogP contribution in [0.25, 0.3) is 0 Å². The molecule has 3 rings (SSSR count). The first-order valence-corrected chi connectivity index (χ1v) is 11.8. The van der Waals surface area contributed by atoms with Crippen molar-refractivity contribution in [2.45, 2.75) is 66.2 Å². The highest BCUT2D eigenvalue weighted by Crippen LogP contribution is 2.18. The second kappa shape index (κ2) is 11.7. The van der Waals surface area contributed by atoms with E-state index >= 15 is 0 Å². The van der Waals surface area contributed by atoms with Gasteiger partial charge in [0.2, 0.25) is 0 Å². The van der Waals surface area contributed by atoms with Crippen LogP contribution in [-0.2, 0) is 32.1 Å². The topological polar surface area (TPSA) is 38.7 Å². The van der Waals surface area contributed by atoms with Crippen LogP contribution in [0.1, 0.15) is 62.5 Å². The van der Waals surface area contributed by atoms with Gasteiger partial charge in [-0.1, -0.05) is 39.8 Å². The molecule has 0 spiro atoms. The Morgan fingerprint density at radius 3 is 2.10 bits per heavy atom. The maximum atomic E-state index is 4.88. The molecule has 0 fully saturated rings. The maximum absolute atomic E-state index is 4.88. The molecule has 2 atom stereocenters. The van der Waals surface area contributed by atoms with Gasteiger partial charge in [-0.15, -0.1) is 0 Å². The van der Waals surface area contributed by atoms with Crippen LogP contribution in [0.4, 0.5) is 0 Å². The van der Waals surface area contributed by atoms with Gasteiger partial charge >= 0.3 is 0 Å². The maximum Gasteiger partial charge on any atom is 0.0409 e. The highest BCUT2D eigenvalue weighted by molar-refractivity contribution is 5.18. The van der Waals surface area contributed by atoms with E-state index in [-0.39, 0.29) is 0 Å². The lowest BCUT2D eigenvalue weighted by atomic mass is 9.94. The predicted molar refractivity (Wildman–Crippen MR) is 129 cm³/mol. The summed E-state index contributed by atoms with van der Waals surface area (Å²) in [4.78, 5) is 14.0. The largest absolute Gasteiger partial charge is 0.261 e. The lowest BCUT2D eigenvalue weighted by molar-refractivity contribution is 0.519. The van der Waals surface area contributed by atoms with Gasteiger partial charge in [0.15, 0.2) is 0 Å². The molecule has 0 aromatic carbocycles. The summed E-state index contributed by atoms with van der Waals surface area (Å²) in [6, 6.07) is 17.1. The van der Waals surface area contributed by atoms with Crippen LogP contribution >= 0.6 is 0 Å². The second-order valence-corrected chi connectivity index (χ2v) is 9.56. The summed E-state index contributed by atoms with van der Waals surface area (Å²) < 4.78 is 0. The van der Waals surface area contributed by atoms with E-state index in [0.717, 1.165) is 38.5 Å². The summed E-state index contributed by atoms with van der Waals surface area (Å²) in [6.45, 7) is 9.14.